The van der Waals surface area contributed by atoms with E-state index in [0.717, 1.165) is 27.6 Å². The van der Waals surface area contributed by atoms with Gasteiger partial charge in [0.25, 0.3) is 0 Å². The Labute approximate surface area is 114 Å². The fraction of sp³-hybridized carbons (Fsp3) is 0.375. The van der Waals surface area contributed by atoms with Crippen LogP contribution in [0.15, 0.2) is 18.2 Å². The van der Waals surface area contributed by atoms with Gasteiger partial charge in [0.1, 0.15) is 5.82 Å². The lowest BCUT2D eigenvalue weighted by Gasteiger charge is -2.17. The molecule has 0 bridgehead atoms. The molecule has 0 atom stereocenters. The molecule has 1 heterocycles. The Morgan fingerprint density at radius 3 is 2.37 bits per heavy atom. The molecule has 0 fully saturated rings. The Hall–Kier alpha value is -2.08. The van der Waals surface area contributed by atoms with Crippen molar-refractivity contribution in [3.05, 3.63) is 34.9 Å². The van der Waals surface area contributed by atoms with Gasteiger partial charge in [0.2, 0.25) is 0 Å². The average Bonchev–Trinajstić information content (AvgIpc) is 2.35. The van der Waals surface area contributed by atoms with Crippen LogP contribution in [0.5, 0.6) is 0 Å². The van der Waals surface area contributed by atoms with Gasteiger partial charge in [-0.3, -0.25) is 0 Å². The summed E-state index contributed by atoms with van der Waals surface area (Å²) in [6.07, 6.45) is 0. The summed E-state index contributed by atoms with van der Waals surface area (Å²) in [5.74, 6) is 1.05. The van der Waals surface area contributed by atoms with Crippen LogP contribution in [0.1, 0.15) is 56.2 Å². The predicted octanol–water partition coefficient (Wildman–Crippen LogP) is 3.94. The lowest BCUT2D eigenvalue weighted by molar-refractivity contribution is 0.833. The molecule has 0 spiro atoms. The van der Waals surface area contributed by atoms with Gasteiger partial charge < -0.3 is 5.73 Å². The number of benzene rings is 1. The van der Waals surface area contributed by atoms with Gasteiger partial charge in [-0.1, -0.05) is 27.7 Å². The third-order valence-corrected chi connectivity index (χ3v) is 3.38. The number of nitrogen functional groups attached to an aromatic ring is 1. The SMILES string of the molecule is CC(C)c1cc2ccc(N)nc2c(C(C)C)c1C#N. The van der Waals surface area contributed by atoms with E-state index in [1.54, 1.807) is 0 Å². The van der Waals surface area contributed by atoms with E-state index < -0.39 is 0 Å². The number of nitrogens with zero attached hydrogens (tertiary/aromatic N) is 2. The maximum Gasteiger partial charge on any atom is 0.124 e. The predicted molar refractivity (Wildman–Crippen MR) is 79.0 cm³/mol. The molecule has 2 N–H and O–H groups in total. The third-order valence-electron chi connectivity index (χ3n) is 3.38. The Bertz CT molecular complexity index is 664. The zero-order valence-electron chi connectivity index (χ0n) is 11.9. The molecule has 3 heteroatoms. The van der Waals surface area contributed by atoms with Crippen molar-refractivity contribution in [3.8, 4) is 6.07 Å². The number of nitriles is 1. The molecular formula is C16H19N3. The topological polar surface area (TPSA) is 62.7 Å². The van der Waals surface area contributed by atoms with Crippen LogP contribution >= 0.6 is 0 Å². The van der Waals surface area contributed by atoms with Crippen LogP contribution in [0.25, 0.3) is 10.9 Å². The Morgan fingerprint density at radius 2 is 1.84 bits per heavy atom. The number of fused-ring (bicyclic) bond motifs is 1. The highest BCUT2D eigenvalue weighted by Gasteiger charge is 2.18. The number of anilines is 1. The largest absolute Gasteiger partial charge is 0.384 e. The fourth-order valence-electron chi connectivity index (χ4n) is 2.47. The van der Waals surface area contributed by atoms with Crippen LogP contribution in [-0.2, 0) is 0 Å². The zero-order valence-corrected chi connectivity index (χ0v) is 11.9. The molecule has 1 aromatic heterocycles. The van der Waals surface area contributed by atoms with E-state index in [-0.39, 0.29) is 5.92 Å². The number of rotatable bonds is 2. The molecule has 1 aromatic carbocycles. The van der Waals surface area contributed by atoms with Gasteiger partial charge in [0, 0.05) is 5.39 Å². The molecule has 0 saturated carbocycles. The maximum atomic E-state index is 9.52. The molecule has 98 valence electrons. The maximum absolute atomic E-state index is 9.52. The van der Waals surface area contributed by atoms with Crippen LogP contribution in [0.2, 0.25) is 0 Å². The minimum absolute atomic E-state index is 0.241. The van der Waals surface area contributed by atoms with Gasteiger partial charge in [-0.15, -0.1) is 0 Å². The minimum Gasteiger partial charge on any atom is -0.384 e. The first-order valence-electron chi connectivity index (χ1n) is 6.58. The summed E-state index contributed by atoms with van der Waals surface area (Å²) < 4.78 is 0. The fourth-order valence-corrected chi connectivity index (χ4v) is 2.47. The minimum atomic E-state index is 0.241. The first-order valence-corrected chi connectivity index (χ1v) is 6.58. The summed E-state index contributed by atoms with van der Waals surface area (Å²) in [4.78, 5) is 4.43. The zero-order chi connectivity index (χ0) is 14.2. The molecule has 3 nitrogen and oxygen atoms in total. The van der Waals surface area contributed by atoms with Crippen molar-refractivity contribution in [2.45, 2.75) is 39.5 Å². The van der Waals surface area contributed by atoms with Gasteiger partial charge in [-0.05, 0) is 41.2 Å². The highest BCUT2D eigenvalue weighted by Crippen LogP contribution is 2.33. The van der Waals surface area contributed by atoms with Gasteiger partial charge in [-0.25, -0.2) is 4.98 Å². The smallest absolute Gasteiger partial charge is 0.124 e. The lowest BCUT2D eigenvalue weighted by atomic mass is 9.87. The first kappa shape index (κ1) is 13.4. The van der Waals surface area contributed by atoms with Crippen molar-refractivity contribution in [1.29, 1.82) is 5.26 Å². The number of pyridine rings is 1. The van der Waals surface area contributed by atoms with Gasteiger partial charge in [0.15, 0.2) is 0 Å². The highest BCUT2D eigenvalue weighted by molar-refractivity contribution is 5.87. The second kappa shape index (κ2) is 4.89. The molecule has 2 rings (SSSR count). The molecule has 0 aliphatic rings. The molecule has 0 aliphatic carbocycles. The van der Waals surface area contributed by atoms with Crippen molar-refractivity contribution in [2.75, 3.05) is 5.73 Å². The summed E-state index contributed by atoms with van der Waals surface area (Å²) in [6, 6.07) is 8.21. The standard InChI is InChI=1S/C16H19N3/c1-9(2)12-7-11-5-6-14(18)19-16(11)15(10(3)4)13(12)8-17/h5-7,9-10H,1-4H3,(H2,18,19). The third kappa shape index (κ3) is 2.26. The summed E-state index contributed by atoms with van der Waals surface area (Å²) in [5, 5.41) is 10.6. The van der Waals surface area contributed by atoms with Crippen molar-refractivity contribution < 1.29 is 0 Å². The van der Waals surface area contributed by atoms with Crippen molar-refractivity contribution in [3.63, 3.8) is 0 Å². The van der Waals surface area contributed by atoms with Crippen molar-refractivity contribution >= 4 is 16.7 Å². The number of hydrogen-bond acceptors (Lipinski definition) is 3. The van der Waals surface area contributed by atoms with Crippen LogP contribution < -0.4 is 5.73 Å². The van der Waals surface area contributed by atoms with Crippen LogP contribution in [-0.4, -0.2) is 4.98 Å². The highest BCUT2D eigenvalue weighted by atomic mass is 14.8. The second-order valence-corrected chi connectivity index (χ2v) is 5.48. The number of nitrogens with two attached hydrogens (primary N) is 1. The number of aromatic nitrogens is 1. The summed E-state index contributed by atoms with van der Waals surface area (Å²) in [6.45, 7) is 8.39. The molecule has 0 unspecified atom stereocenters. The van der Waals surface area contributed by atoms with Gasteiger partial charge in [0.05, 0.1) is 17.1 Å². The average molecular weight is 253 g/mol. The van der Waals surface area contributed by atoms with Crippen molar-refractivity contribution in [2.24, 2.45) is 0 Å². The summed E-state index contributed by atoms with van der Waals surface area (Å²) in [7, 11) is 0. The molecule has 0 saturated heterocycles. The van der Waals surface area contributed by atoms with Crippen LogP contribution in [0, 0.1) is 11.3 Å². The number of hydrogen-bond donors (Lipinski definition) is 1. The molecule has 0 aliphatic heterocycles. The molecule has 2 aromatic rings. The van der Waals surface area contributed by atoms with Crippen molar-refractivity contribution in [1.82, 2.24) is 4.98 Å². The Morgan fingerprint density at radius 1 is 1.16 bits per heavy atom. The van der Waals surface area contributed by atoms with E-state index in [1.165, 1.54) is 0 Å². The normalized spacial score (nSPS) is 11.2. The van der Waals surface area contributed by atoms with E-state index in [9.17, 15) is 5.26 Å². The van der Waals surface area contributed by atoms with Gasteiger partial charge >= 0.3 is 0 Å². The summed E-state index contributed by atoms with van der Waals surface area (Å²) >= 11 is 0. The van der Waals surface area contributed by atoms with Gasteiger partial charge in [-0.2, -0.15) is 5.26 Å². The quantitative estimate of drug-likeness (QED) is 0.881. The van der Waals surface area contributed by atoms with Crippen LogP contribution in [0.3, 0.4) is 0 Å². The molecular weight excluding hydrogens is 234 g/mol. The van der Waals surface area contributed by atoms with Crippen LogP contribution in [0.4, 0.5) is 5.82 Å². The monoisotopic (exact) mass is 253 g/mol. The summed E-state index contributed by atoms with van der Waals surface area (Å²) in [5.41, 5.74) is 9.50. The Kier molecular flexibility index (Phi) is 3.44. The molecule has 0 amide bonds. The molecule has 19 heavy (non-hydrogen) atoms. The van der Waals surface area contributed by atoms with E-state index in [4.69, 9.17) is 5.73 Å². The lowest BCUT2D eigenvalue weighted by Crippen LogP contribution is -2.04. The van der Waals surface area contributed by atoms with E-state index >= 15 is 0 Å². The van der Waals surface area contributed by atoms with E-state index in [2.05, 4.69) is 44.8 Å². The Balaban J connectivity index is 2.96. The van der Waals surface area contributed by atoms with E-state index in [0.29, 0.717) is 11.7 Å². The molecule has 0 radical (unpaired) electrons. The van der Waals surface area contributed by atoms with E-state index in [1.807, 2.05) is 12.1 Å². The first-order chi connectivity index (χ1) is 8.95. The second-order valence-electron chi connectivity index (χ2n) is 5.48.